The minimum atomic E-state index is -4.33. The van der Waals surface area contributed by atoms with Crippen LogP contribution < -0.4 is 4.74 Å². The quantitative estimate of drug-likeness (QED) is 0.804. The second-order valence-electron chi connectivity index (χ2n) is 3.87. The van der Waals surface area contributed by atoms with Gasteiger partial charge in [-0.25, -0.2) is 0 Å². The predicted octanol–water partition coefficient (Wildman–Crippen LogP) is 3.46. The van der Waals surface area contributed by atoms with Crippen LogP contribution in [-0.2, 0) is 4.74 Å². The van der Waals surface area contributed by atoms with Crippen molar-refractivity contribution in [2.75, 3.05) is 19.8 Å². The van der Waals surface area contributed by atoms with Crippen LogP contribution >= 0.6 is 15.9 Å². The molecule has 0 fully saturated rings. The monoisotopic (exact) mass is 342 g/mol. The highest BCUT2D eigenvalue weighted by Gasteiger charge is 2.27. The van der Waals surface area contributed by atoms with Crippen LogP contribution in [0.4, 0.5) is 13.2 Å². The number of hydrogen-bond donors (Lipinski definition) is 1. The summed E-state index contributed by atoms with van der Waals surface area (Å²) in [6, 6.07) is 5.05. The molecule has 7 heteroatoms. The topological polar surface area (TPSA) is 38.7 Å². The first-order valence-electron chi connectivity index (χ1n) is 5.54. The molecule has 108 valence electrons. The molecule has 0 aliphatic rings. The van der Waals surface area contributed by atoms with E-state index in [0.29, 0.717) is 11.3 Å². The van der Waals surface area contributed by atoms with Crippen molar-refractivity contribution in [1.29, 1.82) is 0 Å². The number of aliphatic hydroxyl groups excluding tert-OH is 1. The summed E-state index contributed by atoms with van der Waals surface area (Å²) in [5.41, 5.74) is 0.560. The van der Waals surface area contributed by atoms with E-state index in [4.69, 9.17) is 4.74 Å². The molecule has 0 saturated heterocycles. The summed E-state index contributed by atoms with van der Waals surface area (Å²) in [6.07, 6.45) is -5.06. The lowest BCUT2D eigenvalue weighted by Gasteiger charge is -2.14. The first-order valence-corrected chi connectivity index (χ1v) is 6.33. The van der Waals surface area contributed by atoms with Crippen LogP contribution in [0.3, 0.4) is 0 Å². The van der Waals surface area contributed by atoms with Crippen molar-refractivity contribution in [3.05, 3.63) is 28.2 Å². The van der Waals surface area contributed by atoms with Crippen molar-refractivity contribution in [3.8, 4) is 5.75 Å². The molecular formula is C12H14BrF3O3. The fourth-order valence-corrected chi connectivity index (χ4v) is 1.75. The van der Waals surface area contributed by atoms with Gasteiger partial charge >= 0.3 is 6.18 Å². The Kier molecular flexibility index (Phi) is 6.09. The Morgan fingerprint density at radius 3 is 2.58 bits per heavy atom. The largest absolute Gasteiger partial charge is 0.491 e. The molecule has 1 atom stereocenters. The molecule has 0 aliphatic carbocycles. The number of alkyl halides is 3. The van der Waals surface area contributed by atoms with Gasteiger partial charge in [0.1, 0.15) is 19.0 Å². The average molecular weight is 343 g/mol. The molecule has 0 aliphatic heterocycles. The third-order valence-electron chi connectivity index (χ3n) is 2.17. The number of aliphatic hydroxyl groups is 1. The molecule has 1 unspecified atom stereocenters. The number of halogens is 4. The van der Waals surface area contributed by atoms with Gasteiger partial charge in [0.15, 0.2) is 0 Å². The van der Waals surface area contributed by atoms with E-state index < -0.39 is 18.9 Å². The van der Waals surface area contributed by atoms with E-state index in [2.05, 4.69) is 20.7 Å². The van der Waals surface area contributed by atoms with Gasteiger partial charge in [-0.2, -0.15) is 13.2 Å². The lowest BCUT2D eigenvalue weighted by Crippen LogP contribution is -2.19. The SMILES string of the molecule is CC(O)c1cc(Br)ccc1OCCOCC(F)(F)F. The lowest BCUT2D eigenvalue weighted by molar-refractivity contribution is -0.175. The van der Waals surface area contributed by atoms with Crippen molar-refractivity contribution in [3.63, 3.8) is 0 Å². The van der Waals surface area contributed by atoms with E-state index in [1.807, 2.05) is 0 Å². The Hall–Kier alpha value is -0.790. The molecule has 0 heterocycles. The predicted molar refractivity (Wildman–Crippen MR) is 67.1 cm³/mol. The first-order chi connectivity index (χ1) is 8.79. The van der Waals surface area contributed by atoms with Gasteiger partial charge in [0.05, 0.1) is 12.7 Å². The van der Waals surface area contributed by atoms with Gasteiger partial charge in [-0.05, 0) is 25.1 Å². The zero-order chi connectivity index (χ0) is 14.5. The van der Waals surface area contributed by atoms with E-state index in [9.17, 15) is 18.3 Å². The average Bonchev–Trinajstić information content (AvgIpc) is 2.28. The van der Waals surface area contributed by atoms with Gasteiger partial charge < -0.3 is 14.6 Å². The summed E-state index contributed by atoms with van der Waals surface area (Å²) in [7, 11) is 0. The van der Waals surface area contributed by atoms with Crippen LogP contribution in [-0.4, -0.2) is 31.1 Å². The summed E-state index contributed by atoms with van der Waals surface area (Å²) in [4.78, 5) is 0. The molecule has 1 N–H and O–H groups in total. The maximum absolute atomic E-state index is 11.8. The maximum Gasteiger partial charge on any atom is 0.411 e. The van der Waals surface area contributed by atoms with Gasteiger partial charge in [-0.3, -0.25) is 0 Å². The van der Waals surface area contributed by atoms with E-state index in [1.54, 1.807) is 25.1 Å². The van der Waals surface area contributed by atoms with E-state index in [0.717, 1.165) is 4.47 Å². The van der Waals surface area contributed by atoms with Crippen molar-refractivity contribution >= 4 is 15.9 Å². The fourth-order valence-electron chi connectivity index (χ4n) is 1.38. The lowest BCUT2D eigenvalue weighted by atomic mass is 10.1. The molecular weight excluding hydrogens is 329 g/mol. The third-order valence-corrected chi connectivity index (χ3v) is 2.67. The van der Waals surface area contributed by atoms with Gasteiger partial charge in [0.2, 0.25) is 0 Å². The summed E-state index contributed by atoms with van der Waals surface area (Å²) in [5, 5.41) is 9.56. The third kappa shape index (κ3) is 6.26. The minimum Gasteiger partial charge on any atom is -0.491 e. The second-order valence-corrected chi connectivity index (χ2v) is 4.79. The van der Waals surface area contributed by atoms with Crippen molar-refractivity contribution in [1.82, 2.24) is 0 Å². The zero-order valence-corrected chi connectivity index (χ0v) is 11.8. The van der Waals surface area contributed by atoms with Crippen LogP contribution in [0.15, 0.2) is 22.7 Å². The highest BCUT2D eigenvalue weighted by Crippen LogP contribution is 2.28. The van der Waals surface area contributed by atoms with Crippen LogP contribution in [0.2, 0.25) is 0 Å². The highest BCUT2D eigenvalue weighted by molar-refractivity contribution is 9.10. The Balaban J connectivity index is 2.45. The van der Waals surface area contributed by atoms with Crippen molar-refractivity contribution in [2.24, 2.45) is 0 Å². The van der Waals surface area contributed by atoms with Crippen LogP contribution in [0.1, 0.15) is 18.6 Å². The summed E-state index contributed by atoms with van der Waals surface area (Å²) in [5.74, 6) is 0.425. The number of benzene rings is 1. The summed E-state index contributed by atoms with van der Waals surface area (Å²) >= 11 is 3.26. The Morgan fingerprint density at radius 2 is 2.00 bits per heavy atom. The van der Waals surface area contributed by atoms with Crippen LogP contribution in [0.5, 0.6) is 5.75 Å². The standard InChI is InChI=1S/C12H14BrF3O3/c1-8(17)10-6-9(13)2-3-11(10)19-5-4-18-7-12(14,15)16/h2-3,6,8,17H,4-5,7H2,1H3. The second kappa shape index (κ2) is 7.12. The van der Waals surface area contributed by atoms with Crippen molar-refractivity contribution < 1.29 is 27.8 Å². The van der Waals surface area contributed by atoms with E-state index in [1.165, 1.54) is 0 Å². The Labute approximate surface area is 117 Å². The molecule has 1 aromatic rings. The first kappa shape index (κ1) is 16.3. The van der Waals surface area contributed by atoms with E-state index >= 15 is 0 Å². The molecule has 1 rings (SSSR count). The highest BCUT2D eigenvalue weighted by atomic mass is 79.9. The fraction of sp³-hybridized carbons (Fsp3) is 0.500. The Morgan fingerprint density at radius 1 is 1.32 bits per heavy atom. The van der Waals surface area contributed by atoms with Gasteiger partial charge in [-0.15, -0.1) is 0 Å². The summed E-state index contributed by atoms with van der Waals surface area (Å²) < 4.78 is 45.9. The molecule has 0 amide bonds. The smallest absolute Gasteiger partial charge is 0.411 e. The molecule has 0 spiro atoms. The summed E-state index contributed by atoms with van der Waals surface area (Å²) in [6.45, 7) is 0.0982. The molecule has 3 nitrogen and oxygen atoms in total. The molecule has 19 heavy (non-hydrogen) atoms. The minimum absolute atomic E-state index is 0.0164. The number of rotatable bonds is 6. The van der Waals surface area contributed by atoms with Gasteiger partial charge in [0.25, 0.3) is 0 Å². The Bertz CT molecular complexity index is 408. The van der Waals surface area contributed by atoms with Crippen molar-refractivity contribution in [2.45, 2.75) is 19.2 Å². The molecule has 0 bridgehead atoms. The maximum atomic E-state index is 11.8. The molecule has 1 aromatic carbocycles. The zero-order valence-electron chi connectivity index (χ0n) is 10.2. The van der Waals surface area contributed by atoms with Gasteiger partial charge in [0, 0.05) is 10.0 Å². The molecule has 0 saturated carbocycles. The number of hydrogen-bond acceptors (Lipinski definition) is 3. The number of ether oxygens (including phenoxy) is 2. The molecule has 0 aromatic heterocycles. The molecule has 0 radical (unpaired) electrons. The normalized spacial score (nSPS) is 13.4. The van der Waals surface area contributed by atoms with Crippen LogP contribution in [0, 0.1) is 0 Å². The van der Waals surface area contributed by atoms with Crippen LogP contribution in [0.25, 0.3) is 0 Å². The van der Waals surface area contributed by atoms with Gasteiger partial charge in [-0.1, -0.05) is 15.9 Å². The van der Waals surface area contributed by atoms with E-state index in [-0.39, 0.29) is 13.2 Å².